The highest BCUT2D eigenvalue weighted by Crippen LogP contribution is 2.39. The molecule has 1 fully saturated rings. The number of piperidine rings is 1. The van der Waals surface area contributed by atoms with E-state index in [9.17, 15) is 10.2 Å². The van der Waals surface area contributed by atoms with Crippen molar-refractivity contribution >= 4 is 0 Å². The van der Waals surface area contributed by atoms with Crippen LogP contribution in [0.15, 0.2) is 30.9 Å². The monoisotopic (exact) mass is 359 g/mol. The summed E-state index contributed by atoms with van der Waals surface area (Å²) < 4.78 is 0. The molecular formula is C23H37NO2. The average Bonchev–Trinajstić information content (AvgIpc) is 2.60. The van der Waals surface area contributed by atoms with Crippen LogP contribution in [0.25, 0.3) is 0 Å². The molecule has 26 heavy (non-hydrogen) atoms. The number of aliphatic hydroxyl groups excluding tert-OH is 1. The van der Waals surface area contributed by atoms with Gasteiger partial charge in [-0.05, 0) is 36.3 Å². The van der Waals surface area contributed by atoms with Gasteiger partial charge in [0.1, 0.15) is 5.75 Å². The molecule has 2 N–H and O–H groups in total. The van der Waals surface area contributed by atoms with Crippen molar-refractivity contribution in [3.8, 4) is 5.75 Å². The second kappa shape index (κ2) is 9.57. The summed E-state index contributed by atoms with van der Waals surface area (Å²) in [4.78, 5) is 2.30. The minimum Gasteiger partial charge on any atom is -0.508 e. The van der Waals surface area contributed by atoms with Gasteiger partial charge in [-0.25, -0.2) is 0 Å². The Morgan fingerprint density at radius 1 is 1.27 bits per heavy atom. The number of benzene rings is 1. The van der Waals surface area contributed by atoms with Crippen LogP contribution in [0.2, 0.25) is 0 Å². The molecule has 0 radical (unpaired) electrons. The fraction of sp³-hybridized carbons (Fsp3) is 0.652. The van der Waals surface area contributed by atoms with Gasteiger partial charge in [-0.15, -0.1) is 6.58 Å². The maximum absolute atomic E-state index is 10.8. The van der Waals surface area contributed by atoms with Crippen LogP contribution in [0.3, 0.4) is 0 Å². The van der Waals surface area contributed by atoms with E-state index in [-0.39, 0.29) is 17.6 Å². The fourth-order valence-electron chi connectivity index (χ4n) is 4.09. The molecule has 1 aromatic carbocycles. The predicted molar refractivity (Wildman–Crippen MR) is 110 cm³/mol. The lowest BCUT2D eigenvalue weighted by Gasteiger charge is -2.38. The second-order valence-electron chi connectivity index (χ2n) is 8.45. The molecule has 0 aromatic heterocycles. The Kier molecular flexibility index (Phi) is 7.72. The number of aromatic hydroxyl groups is 1. The van der Waals surface area contributed by atoms with Gasteiger partial charge in [-0.3, -0.25) is 4.90 Å². The van der Waals surface area contributed by atoms with Gasteiger partial charge in [0, 0.05) is 24.7 Å². The van der Waals surface area contributed by atoms with E-state index in [0.29, 0.717) is 12.2 Å². The zero-order chi connectivity index (χ0) is 19.2. The van der Waals surface area contributed by atoms with Crippen molar-refractivity contribution in [2.75, 3.05) is 13.1 Å². The summed E-state index contributed by atoms with van der Waals surface area (Å²) in [6, 6.07) is 6.24. The number of aliphatic hydroxyl groups is 1. The Morgan fingerprint density at radius 3 is 2.69 bits per heavy atom. The lowest BCUT2D eigenvalue weighted by Crippen LogP contribution is -2.38. The molecule has 1 aliphatic rings. The van der Waals surface area contributed by atoms with E-state index in [1.165, 1.54) is 31.2 Å². The Morgan fingerprint density at radius 2 is 2.04 bits per heavy atom. The molecule has 0 saturated carbocycles. The Hall–Kier alpha value is -1.32. The third-order valence-electron chi connectivity index (χ3n) is 5.88. The van der Waals surface area contributed by atoms with Crippen molar-refractivity contribution in [3.05, 3.63) is 42.0 Å². The number of hydrogen-bond acceptors (Lipinski definition) is 3. The van der Waals surface area contributed by atoms with Crippen LogP contribution >= 0.6 is 0 Å². The van der Waals surface area contributed by atoms with Crippen LogP contribution in [-0.2, 0) is 5.41 Å². The Labute approximate surface area is 159 Å². The predicted octanol–water partition coefficient (Wildman–Crippen LogP) is 5.32. The Balaban J connectivity index is 2.15. The summed E-state index contributed by atoms with van der Waals surface area (Å²) in [5, 5.41) is 20.9. The first kappa shape index (κ1) is 21.0. The molecule has 2 rings (SSSR count). The van der Waals surface area contributed by atoms with Crippen LogP contribution in [0.4, 0.5) is 0 Å². The quantitative estimate of drug-likeness (QED) is 0.463. The van der Waals surface area contributed by atoms with Crippen molar-refractivity contribution in [3.63, 3.8) is 0 Å². The van der Waals surface area contributed by atoms with Gasteiger partial charge in [0.2, 0.25) is 0 Å². The van der Waals surface area contributed by atoms with E-state index in [1.54, 1.807) is 0 Å². The first-order chi connectivity index (χ1) is 12.4. The Bertz CT molecular complexity index is 582. The topological polar surface area (TPSA) is 43.7 Å². The first-order valence-electron chi connectivity index (χ1n) is 10.3. The van der Waals surface area contributed by atoms with E-state index in [2.05, 4.69) is 44.4 Å². The minimum atomic E-state index is -0.296. The lowest BCUT2D eigenvalue weighted by molar-refractivity contribution is 0.0464. The molecule has 0 aliphatic carbocycles. The molecule has 1 heterocycles. The standard InChI is InChI=1S/C23H37NO2/c1-5-7-8-9-13-23(3,4)18-10-11-20(22(26)16-18)21-17-19(25)12-15-24(21)14-6-2/h6,10-11,16,19,21,25-26H,2,5,7-9,12-15,17H2,1,3-4H3/t19-,21+/m0/s1. The molecule has 146 valence electrons. The van der Waals surface area contributed by atoms with Crippen LogP contribution in [0.1, 0.15) is 82.9 Å². The highest BCUT2D eigenvalue weighted by molar-refractivity contribution is 5.41. The van der Waals surface area contributed by atoms with Gasteiger partial charge in [0.25, 0.3) is 0 Å². The maximum Gasteiger partial charge on any atom is 0.120 e. The van der Waals surface area contributed by atoms with Crippen molar-refractivity contribution in [2.24, 2.45) is 0 Å². The summed E-state index contributed by atoms with van der Waals surface area (Å²) >= 11 is 0. The van der Waals surface area contributed by atoms with Gasteiger partial charge in [-0.2, -0.15) is 0 Å². The maximum atomic E-state index is 10.8. The van der Waals surface area contributed by atoms with Gasteiger partial charge in [-0.1, -0.05) is 64.7 Å². The van der Waals surface area contributed by atoms with E-state index in [0.717, 1.165) is 31.5 Å². The molecule has 3 nitrogen and oxygen atoms in total. The van der Waals surface area contributed by atoms with Crippen LogP contribution in [0, 0.1) is 0 Å². The first-order valence-corrected chi connectivity index (χ1v) is 10.3. The normalized spacial score (nSPS) is 21.7. The summed E-state index contributed by atoms with van der Waals surface area (Å²) in [5.74, 6) is 0.359. The largest absolute Gasteiger partial charge is 0.508 e. The van der Waals surface area contributed by atoms with Gasteiger partial charge < -0.3 is 10.2 Å². The van der Waals surface area contributed by atoms with Crippen molar-refractivity contribution in [1.29, 1.82) is 0 Å². The molecule has 0 bridgehead atoms. The van der Waals surface area contributed by atoms with E-state index < -0.39 is 0 Å². The van der Waals surface area contributed by atoms with Gasteiger partial charge in [0.15, 0.2) is 0 Å². The molecule has 0 amide bonds. The number of phenolic OH excluding ortho intramolecular Hbond substituents is 1. The van der Waals surface area contributed by atoms with E-state index >= 15 is 0 Å². The molecule has 2 atom stereocenters. The number of phenols is 1. The molecule has 0 unspecified atom stereocenters. The third-order valence-corrected chi connectivity index (χ3v) is 5.88. The second-order valence-corrected chi connectivity index (χ2v) is 8.45. The zero-order valence-corrected chi connectivity index (χ0v) is 16.9. The number of hydrogen-bond donors (Lipinski definition) is 2. The highest BCUT2D eigenvalue weighted by Gasteiger charge is 2.30. The van der Waals surface area contributed by atoms with Crippen molar-refractivity contribution in [1.82, 2.24) is 4.90 Å². The highest BCUT2D eigenvalue weighted by atomic mass is 16.3. The minimum absolute atomic E-state index is 0.0541. The number of nitrogens with zero attached hydrogens (tertiary/aromatic N) is 1. The summed E-state index contributed by atoms with van der Waals surface area (Å²) in [5.41, 5.74) is 2.19. The smallest absolute Gasteiger partial charge is 0.120 e. The molecule has 1 aliphatic heterocycles. The van der Waals surface area contributed by atoms with Gasteiger partial charge in [0.05, 0.1) is 6.10 Å². The molecule has 0 spiro atoms. The molecule has 1 saturated heterocycles. The molecule has 3 heteroatoms. The fourth-order valence-corrected chi connectivity index (χ4v) is 4.09. The average molecular weight is 360 g/mol. The number of likely N-dealkylation sites (tertiary alicyclic amines) is 1. The summed E-state index contributed by atoms with van der Waals surface area (Å²) in [7, 11) is 0. The summed E-state index contributed by atoms with van der Waals surface area (Å²) in [6.45, 7) is 12.2. The molecular weight excluding hydrogens is 322 g/mol. The zero-order valence-electron chi connectivity index (χ0n) is 16.9. The SMILES string of the molecule is C=CCN1CC[C@H](O)C[C@@H]1c1ccc(C(C)(C)CCCCCC)cc1O. The number of unbranched alkanes of at least 4 members (excludes halogenated alkanes) is 3. The van der Waals surface area contributed by atoms with Crippen molar-refractivity contribution < 1.29 is 10.2 Å². The van der Waals surface area contributed by atoms with Crippen molar-refractivity contribution in [2.45, 2.75) is 83.3 Å². The summed E-state index contributed by atoms with van der Waals surface area (Å²) in [6.07, 6.45) is 9.25. The van der Waals surface area contributed by atoms with E-state index in [1.807, 2.05) is 12.1 Å². The lowest BCUT2D eigenvalue weighted by atomic mass is 9.79. The van der Waals surface area contributed by atoms with E-state index in [4.69, 9.17) is 0 Å². The van der Waals surface area contributed by atoms with Crippen LogP contribution in [-0.4, -0.2) is 34.3 Å². The van der Waals surface area contributed by atoms with Crippen LogP contribution < -0.4 is 0 Å². The van der Waals surface area contributed by atoms with Gasteiger partial charge >= 0.3 is 0 Å². The number of rotatable bonds is 9. The van der Waals surface area contributed by atoms with Crippen LogP contribution in [0.5, 0.6) is 5.75 Å². The third kappa shape index (κ3) is 5.34. The molecule has 1 aromatic rings.